The molecule has 0 unspecified atom stereocenters. The van der Waals surface area contributed by atoms with Gasteiger partial charge in [0.1, 0.15) is 5.65 Å². The Kier molecular flexibility index (Phi) is 3.25. The lowest BCUT2D eigenvalue weighted by atomic mass is 10.2. The predicted molar refractivity (Wildman–Crippen MR) is 66.5 cm³/mol. The molecule has 0 saturated heterocycles. The Balaban J connectivity index is 2.19. The van der Waals surface area contributed by atoms with Gasteiger partial charge in [-0.3, -0.25) is 0 Å². The van der Waals surface area contributed by atoms with Crippen molar-refractivity contribution in [2.24, 2.45) is 5.92 Å². The Bertz CT molecular complexity index is 471. The first-order valence-corrected chi connectivity index (χ1v) is 5.81. The van der Waals surface area contributed by atoms with Crippen molar-refractivity contribution in [2.45, 2.75) is 27.3 Å². The van der Waals surface area contributed by atoms with Crippen molar-refractivity contribution >= 4 is 5.65 Å². The number of nitrogens with one attached hydrogen (secondary N) is 1. The van der Waals surface area contributed by atoms with Crippen LogP contribution in [0.5, 0.6) is 0 Å². The molecule has 0 aromatic carbocycles. The van der Waals surface area contributed by atoms with Gasteiger partial charge in [-0.2, -0.15) is 0 Å². The molecule has 2 aromatic rings. The van der Waals surface area contributed by atoms with Crippen LogP contribution in [0.15, 0.2) is 24.4 Å². The molecule has 0 atom stereocenters. The van der Waals surface area contributed by atoms with Crippen molar-refractivity contribution in [1.82, 2.24) is 14.7 Å². The summed E-state index contributed by atoms with van der Waals surface area (Å²) in [4.78, 5) is 4.53. The zero-order valence-corrected chi connectivity index (χ0v) is 10.2. The largest absolute Gasteiger partial charge is 0.311 e. The summed E-state index contributed by atoms with van der Waals surface area (Å²) < 4.78 is 2.16. The number of nitrogens with zero attached hydrogens (tertiary/aromatic N) is 2. The van der Waals surface area contributed by atoms with Crippen molar-refractivity contribution in [2.75, 3.05) is 6.54 Å². The van der Waals surface area contributed by atoms with Gasteiger partial charge in [0.05, 0.1) is 11.4 Å². The van der Waals surface area contributed by atoms with Crippen LogP contribution in [0, 0.1) is 12.8 Å². The van der Waals surface area contributed by atoms with Crippen molar-refractivity contribution in [1.29, 1.82) is 0 Å². The summed E-state index contributed by atoms with van der Waals surface area (Å²) in [5.74, 6) is 0.680. The van der Waals surface area contributed by atoms with Crippen molar-refractivity contribution in [3.63, 3.8) is 0 Å². The minimum Gasteiger partial charge on any atom is -0.311 e. The standard InChI is InChI=1S/C13H19N3/c1-10(2)8-14-9-12-11(3)15-13-6-4-5-7-16(12)13/h4-7,10,14H,8-9H2,1-3H3. The molecule has 0 aliphatic heterocycles. The van der Waals surface area contributed by atoms with Crippen LogP contribution < -0.4 is 5.32 Å². The molecule has 86 valence electrons. The fourth-order valence-corrected chi connectivity index (χ4v) is 1.86. The molecule has 3 heteroatoms. The van der Waals surface area contributed by atoms with E-state index in [9.17, 15) is 0 Å². The molecule has 2 heterocycles. The first-order chi connectivity index (χ1) is 7.68. The van der Waals surface area contributed by atoms with E-state index in [4.69, 9.17) is 0 Å². The van der Waals surface area contributed by atoms with E-state index in [2.05, 4.69) is 41.7 Å². The van der Waals surface area contributed by atoms with E-state index in [1.807, 2.05) is 18.2 Å². The maximum absolute atomic E-state index is 4.53. The number of fused-ring (bicyclic) bond motifs is 1. The van der Waals surface area contributed by atoms with Gasteiger partial charge in [-0.1, -0.05) is 19.9 Å². The lowest BCUT2D eigenvalue weighted by molar-refractivity contribution is 0.546. The minimum atomic E-state index is 0.680. The van der Waals surface area contributed by atoms with E-state index >= 15 is 0 Å². The van der Waals surface area contributed by atoms with E-state index in [1.54, 1.807) is 0 Å². The summed E-state index contributed by atoms with van der Waals surface area (Å²) >= 11 is 0. The smallest absolute Gasteiger partial charge is 0.137 e. The van der Waals surface area contributed by atoms with Crippen LogP contribution in [0.3, 0.4) is 0 Å². The van der Waals surface area contributed by atoms with Crippen LogP contribution in [0.4, 0.5) is 0 Å². The van der Waals surface area contributed by atoms with Gasteiger partial charge in [0, 0.05) is 12.7 Å². The maximum Gasteiger partial charge on any atom is 0.137 e. The van der Waals surface area contributed by atoms with Crippen molar-refractivity contribution in [3.05, 3.63) is 35.8 Å². The Morgan fingerprint density at radius 3 is 2.94 bits per heavy atom. The monoisotopic (exact) mass is 217 g/mol. The van der Waals surface area contributed by atoms with E-state index < -0.39 is 0 Å². The lowest BCUT2D eigenvalue weighted by Crippen LogP contribution is -2.20. The van der Waals surface area contributed by atoms with Gasteiger partial charge < -0.3 is 9.72 Å². The molecule has 16 heavy (non-hydrogen) atoms. The number of rotatable bonds is 4. The molecule has 3 nitrogen and oxygen atoms in total. The molecule has 2 rings (SSSR count). The van der Waals surface area contributed by atoms with Crippen LogP contribution in [-0.4, -0.2) is 15.9 Å². The summed E-state index contributed by atoms with van der Waals surface area (Å²) in [6.07, 6.45) is 2.07. The highest BCUT2D eigenvalue weighted by molar-refractivity contribution is 5.42. The second-order valence-corrected chi connectivity index (χ2v) is 4.60. The number of pyridine rings is 1. The van der Waals surface area contributed by atoms with Crippen molar-refractivity contribution in [3.8, 4) is 0 Å². The summed E-state index contributed by atoms with van der Waals surface area (Å²) in [7, 11) is 0. The van der Waals surface area contributed by atoms with Crippen LogP contribution in [0.1, 0.15) is 25.2 Å². The molecule has 1 N–H and O–H groups in total. The quantitative estimate of drug-likeness (QED) is 0.852. The third-order valence-electron chi connectivity index (χ3n) is 2.67. The van der Waals surface area contributed by atoms with Crippen LogP contribution in [0.2, 0.25) is 0 Å². The third kappa shape index (κ3) is 2.25. The highest BCUT2D eigenvalue weighted by Crippen LogP contribution is 2.11. The van der Waals surface area contributed by atoms with Gasteiger partial charge in [-0.05, 0) is 31.5 Å². The van der Waals surface area contributed by atoms with E-state index in [0.717, 1.165) is 24.4 Å². The van der Waals surface area contributed by atoms with E-state index in [0.29, 0.717) is 5.92 Å². The summed E-state index contributed by atoms with van der Waals surface area (Å²) in [6.45, 7) is 8.43. The topological polar surface area (TPSA) is 29.3 Å². The number of hydrogen-bond acceptors (Lipinski definition) is 2. The average Bonchev–Trinajstić information content (AvgIpc) is 2.55. The minimum absolute atomic E-state index is 0.680. The Morgan fingerprint density at radius 1 is 1.38 bits per heavy atom. The van der Waals surface area contributed by atoms with E-state index in [-0.39, 0.29) is 0 Å². The molecule has 0 aliphatic carbocycles. The molecular weight excluding hydrogens is 198 g/mol. The van der Waals surface area contributed by atoms with E-state index in [1.165, 1.54) is 5.69 Å². The highest BCUT2D eigenvalue weighted by Gasteiger charge is 2.07. The molecule has 0 fully saturated rings. The number of imidazole rings is 1. The molecule has 0 amide bonds. The van der Waals surface area contributed by atoms with Crippen LogP contribution in [-0.2, 0) is 6.54 Å². The van der Waals surface area contributed by atoms with Crippen LogP contribution in [0.25, 0.3) is 5.65 Å². The molecule has 0 spiro atoms. The fourth-order valence-electron chi connectivity index (χ4n) is 1.86. The van der Waals surface area contributed by atoms with Gasteiger partial charge in [-0.25, -0.2) is 4.98 Å². The average molecular weight is 217 g/mol. The molecule has 0 aliphatic rings. The maximum atomic E-state index is 4.53. The predicted octanol–water partition coefficient (Wildman–Crippen LogP) is 2.39. The summed E-state index contributed by atoms with van der Waals surface area (Å²) in [5, 5.41) is 3.46. The zero-order valence-electron chi connectivity index (χ0n) is 10.2. The highest BCUT2D eigenvalue weighted by atomic mass is 15.0. The van der Waals surface area contributed by atoms with Gasteiger partial charge in [0.25, 0.3) is 0 Å². The summed E-state index contributed by atoms with van der Waals surface area (Å²) in [6, 6.07) is 6.10. The Hall–Kier alpha value is -1.35. The molecule has 0 bridgehead atoms. The van der Waals surface area contributed by atoms with Gasteiger partial charge in [0.2, 0.25) is 0 Å². The van der Waals surface area contributed by atoms with Gasteiger partial charge in [0.15, 0.2) is 0 Å². The van der Waals surface area contributed by atoms with Crippen LogP contribution >= 0.6 is 0 Å². The fraction of sp³-hybridized carbons (Fsp3) is 0.462. The Labute approximate surface area is 96.5 Å². The Morgan fingerprint density at radius 2 is 2.19 bits per heavy atom. The third-order valence-corrected chi connectivity index (χ3v) is 2.67. The molecule has 2 aromatic heterocycles. The second-order valence-electron chi connectivity index (χ2n) is 4.60. The second kappa shape index (κ2) is 4.66. The molecular formula is C13H19N3. The number of hydrogen-bond donors (Lipinski definition) is 1. The SMILES string of the molecule is Cc1nc2ccccn2c1CNCC(C)C. The number of aryl methyl sites for hydroxylation is 1. The normalized spacial score (nSPS) is 11.5. The van der Waals surface area contributed by atoms with Gasteiger partial charge >= 0.3 is 0 Å². The first-order valence-electron chi connectivity index (χ1n) is 5.81. The van der Waals surface area contributed by atoms with Gasteiger partial charge in [-0.15, -0.1) is 0 Å². The zero-order chi connectivity index (χ0) is 11.5. The lowest BCUT2D eigenvalue weighted by Gasteiger charge is -2.07. The molecule has 0 radical (unpaired) electrons. The number of aromatic nitrogens is 2. The summed E-state index contributed by atoms with van der Waals surface area (Å²) in [5.41, 5.74) is 3.40. The van der Waals surface area contributed by atoms with Crippen molar-refractivity contribution < 1.29 is 0 Å². The first kappa shape index (κ1) is 11.1. The molecule has 0 saturated carbocycles.